The highest BCUT2D eigenvalue weighted by Gasteiger charge is 2.31. The lowest BCUT2D eigenvalue weighted by Crippen LogP contribution is -2.26. The van der Waals surface area contributed by atoms with Crippen molar-refractivity contribution in [2.75, 3.05) is 5.32 Å². The Balaban J connectivity index is 1.01. The number of urea groups is 1. The number of hydrogen-bond acceptors (Lipinski definition) is 8. The smallest absolute Gasteiger partial charge is 0.329 e. The number of carbonyl (C=O) groups excluding carboxylic acids is 3. The number of imide groups is 1. The average molecular weight is 632 g/mol. The molecular formula is C32H33N5O5S2. The van der Waals surface area contributed by atoms with Gasteiger partial charge in [0.2, 0.25) is 5.91 Å². The van der Waals surface area contributed by atoms with Crippen molar-refractivity contribution in [3.05, 3.63) is 78.1 Å². The van der Waals surface area contributed by atoms with Gasteiger partial charge in [-0.3, -0.25) is 19.6 Å². The van der Waals surface area contributed by atoms with Gasteiger partial charge < -0.3 is 19.4 Å². The lowest BCUT2D eigenvalue weighted by Gasteiger charge is -2.20. The van der Waals surface area contributed by atoms with E-state index in [-0.39, 0.29) is 23.8 Å². The molecule has 10 nitrogen and oxygen atoms in total. The highest BCUT2D eigenvalue weighted by molar-refractivity contribution is 8.15. The fourth-order valence-corrected chi connectivity index (χ4v) is 7.00. The molecule has 2 aliphatic rings. The maximum atomic E-state index is 12.3. The molecular weight excluding hydrogens is 599 g/mol. The molecule has 12 heteroatoms. The molecule has 3 aromatic carbocycles. The zero-order valence-electron chi connectivity index (χ0n) is 24.2. The van der Waals surface area contributed by atoms with E-state index in [9.17, 15) is 14.4 Å². The van der Waals surface area contributed by atoms with Gasteiger partial charge in [0.25, 0.3) is 5.24 Å². The zero-order chi connectivity index (χ0) is 30.5. The molecule has 228 valence electrons. The summed E-state index contributed by atoms with van der Waals surface area (Å²) in [5.74, 6) is 2.52. The third-order valence-electron chi connectivity index (χ3n) is 7.64. The van der Waals surface area contributed by atoms with E-state index in [0.717, 1.165) is 47.0 Å². The number of nitrogens with zero attached hydrogens (tertiary/aromatic N) is 2. The summed E-state index contributed by atoms with van der Waals surface area (Å²) >= 11 is 2.54. The molecule has 3 N–H and O–H groups in total. The van der Waals surface area contributed by atoms with Crippen molar-refractivity contribution in [1.29, 1.82) is 0 Å². The van der Waals surface area contributed by atoms with Crippen LogP contribution >= 0.6 is 23.7 Å². The number of aromatic nitrogens is 2. The van der Waals surface area contributed by atoms with Crippen molar-refractivity contribution in [3.63, 3.8) is 0 Å². The van der Waals surface area contributed by atoms with Crippen LogP contribution in [0.25, 0.3) is 11.0 Å². The first kappa shape index (κ1) is 29.9. The van der Waals surface area contributed by atoms with Gasteiger partial charge in [-0.15, -0.1) is 0 Å². The SMILES string of the molecule is Cn1c(COc2ccc(CC3SC(=O)NC3=O)cc2)nc2ccc(Oc3ccc(NC(=O)NSC4CCCCC4)cc3)cc21. The van der Waals surface area contributed by atoms with Crippen molar-refractivity contribution in [2.45, 2.75) is 55.6 Å². The van der Waals surface area contributed by atoms with E-state index in [4.69, 9.17) is 14.5 Å². The summed E-state index contributed by atoms with van der Waals surface area (Å²) in [7, 11) is 1.94. The second-order valence-corrected chi connectivity index (χ2v) is 13.1. The topological polar surface area (TPSA) is 124 Å². The summed E-state index contributed by atoms with van der Waals surface area (Å²) in [6, 6.07) is 20.3. The molecule has 0 radical (unpaired) electrons. The standard InChI is InChI=1S/C32H33N5O5S2/c1-37-27-18-24(42-23-13-9-21(10-14-23)33-31(39)36-44-25-5-3-2-4-6-25)15-16-26(27)34-29(37)19-41-22-11-7-20(8-12-22)17-28-30(38)35-32(40)43-28/h7-16,18,25,28H,2-6,17,19H2,1H3,(H2,33,36,39)(H,35,38,40). The molecule has 1 saturated heterocycles. The molecule has 1 aliphatic heterocycles. The van der Waals surface area contributed by atoms with Crippen molar-refractivity contribution in [1.82, 2.24) is 19.6 Å². The molecule has 1 saturated carbocycles. The number of imidazole rings is 1. The molecule has 2 fully saturated rings. The van der Waals surface area contributed by atoms with Crippen LogP contribution in [0.5, 0.6) is 17.2 Å². The minimum Gasteiger partial charge on any atom is -0.486 e. The van der Waals surface area contributed by atoms with Gasteiger partial charge in [0.05, 0.1) is 16.3 Å². The normalized spacial score (nSPS) is 17.0. The first-order chi connectivity index (χ1) is 21.4. The minimum atomic E-state index is -0.396. The van der Waals surface area contributed by atoms with Gasteiger partial charge in [-0.05, 0) is 85.3 Å². The van der Waals surface area contributed by atoms with E-state index in [1.54, 1.807) is 0 Å². The quantitative estimate of drug-likeness (QED) is 0.161. The maximum Gasteiger partial charge on any atom is 0.329 e. The Morgan fingerprint density at radius 2 is 1.73 bits per heavy atom. The molecule has 0 spiro atoms. The molecule has 1 aromatic heterocycles. The van der Waals surface area contributed by atoms with E-state index >= 15 is 0 Å². The van der Waals surface area contributed by atoms with Crippen molar-refractivity contribution in [3.8, 4) is 17.2 Å². The van der Waals surface area contributed by atoms with E-state index in [1.165, 1.54) is 31.2 Å². The second kappa shape index (κ2) is 13.6. The van der Waals surface area contributed by atoms with Crippen molar-refractivity contribution in [2.24, 2.45) is 7.05 Å². The Labute approximate surface area is 263 Å². The molecule has 1 atom stereocenters. The number of benzene rings is 3. The number of thioether (sulfide) groups is 1. The van der Waals surface area contributed by atoms with Gasteiger partial charge in [0.1, 0.15) is 29.7 Å². The van der Waals surface area contributed by atoms with Crippen LogP contribution in [0.1, 0.15) is 43.5 Å². The predicted octanol–water partition coefficient (Wildman–Crippen LogP) is 6.94. The molecule has 1 aliphatic carbocycles. The summed E-state index contributed by atoms with van der Waals surface area (Å²) < 4.78 is 17.0. The van der Waals surface area contributed by atoms with Crippen LogP contribution < -0.4 is 24.8 Å². The summed E-state index contributed by atoms with van der Waals surface area (Å²) in [6.45, 7) is 0.275. The number of carbonyl (C=O) groups is 3. The van der Waals surface area contributed by atoms with Gasteiger partial charge in [-0.1, -0.05) is 43.2 Å². The third kappa shape index (κ3) is 7.48. The van der Waals surface area contributed by atoms with E-state index < -0.39 is 5.25 Å². The van der Waals surface area contributed by atoms with E-state index in [2.05, 4.69) is 15.4 Å². The number of fused-ring (bicyclic) bond motifs is 1. The number of anilines is 1. The van der Waals surface area contributed by atoms with Gasteiger partial charge in [0, 0.05) is 24.1 Å². The fourth-order valence-electron chi connectivity index (χ4n) is 5.24. The number of nitrogens with one attached hydrogen (secondary N) is 3. The Kier molecular flexibility index (Phi) is 9.27. The van der Waals surface area contributed by atoms with Crippen LogP contribution in [-0.4, -0.2) is 37.2 Å². The summed E-state index contributed by atoms with van der Waals surface area (Å²) in [5.41, 5.74) is 3.38. The third-order valence-corrected chi connectivity index (χ3v) is 9.73. The number of ether oxygens (including phenoxy) is 2. The second-order valence-electron chi connectivity index (χ2n) is 10.8. The zero-order valence-corrected chi connectivity index (χ0v) is 25.8. The van der Waals surface area contributed by atoms with Crippen LogP contribution in [0.2, 0.25) is 0 Å². The highest BCUT2D eigenvalue weighted by Crippen LogP contribution is 2.29. The maximum absolute atomic E-state index is 12.3. The van der Waals surface area contributed by atoms with Crippen molar-refractivity contribution < 1.29 is 23.9 Å². The highest BCUT2D eigenvalue weighted by atomic mass is 32.2. The molecule has 1 unspecified atom stereocenters. The van der Waals surface area contributed by atoms with Crippen LogP contribution in [0.15, 0.2) is 66.7 Å². The molecule has 2 heterocycles. The van der Waals surface area contributed by atoms with Gasteiger partial charge in [0.15, 0.2) is 0 Å². The molecule has 4 amide bonds. The summed E-state index contributed by atoms with van der Waals surface area (Å²) in [5, 5.41) is 4.99. The van der Waals surface area contributed by atoms with E-state index in [1.807, 2.05) is 78.3 Å². The van der Waals surface area contributed by atoms with Gasteiger partial charge in [-0.25, -0.2) is 9.78 Å². The first-order valence-electron chi connectivity index (χ1n) is 14.6. The largest absolute Gasteiger partial charge is 0.486 e. The minimum absolute atomic E-state index is 0.222. The molecule has 44 heavy (non-hydrogen) atoms. The number of aryl methyl sites for hydroxylation is 1. The molecule has 4 aromatic rings. The van der Waals surface area contributed by atoms with Crippen LogP contribution in [0, 0.1) is 0 Å². The van der Waals surface area contributed by atoms with E-state index in [0.29, 0.717) is 34.6 Å². The fraction of sp³-hybridized carbons (Fsp3) is 0.312. The monoisotopic (exact) mass is 631 g/mol. The predicted molar refractivity (Wildman–Crippen MR) is 173 cm³/mol. The number of rotatable bonds is 10. The lowest BCUT2D eigenvalue weighted by atomic mass is 10.0. The Hall–Kier alpha value is -4.16. The summed E-state index contributed by atoms with van der Waals surface area (Å²) in [4.78, 5) is 40.2. The van der Waals surface area contributed by atoms with Crippen molar-refractivity contribution >= 4 is 57.6 Å². The number of amides is 4. The Morgan fingerprint density at radius 1 is 1.00 bits per heavy atom. The Morgan fingerprint density at radius 3 is 2.45 bits per heavy atom. The summed E-state index contributed by atoms with van der Waals surface area (Å²) in [6.07, 6.45) is 6.55. The van der Waals surface area contributed by atoms with Crippen LogP contribution in [0.4, 0.5) is 15.3 Å². The van der Waals surface area contributed by atoms with Gasteiger partial charge in [-0.2, -0.15) is 0 Å². The number of hydrogen-bond donors (Lipinski definition) is 3. The Bertz CT molecular complexity index is 1650. The van der Waals surface area contributed by atoms with Crippen LogP contribution in [0.3, 0.4) is 0 Å². The van der Waals surface area contributed by atoms with Crippen LogP contribution in [-0.2, 0) is 24.9 Å². The molecule has 0 bridgehead atoms. The first-order valence-corrected chi connectivity index (χ1v) is 16.3. The average Bonchev–Trinajstić information content (AvgIpc) is 3.53. The lowest BCUT2D eigenvalue weighted by molar-refractivity contribution is -0.118. The van der Waals surface area contributed by atoms with Gasteiger partial charge >= 0.3 is 6.03 Å². The molecule has 6 rings (SSSR count).